The van der Waals surface area contributed by atoms with Crippen molar-refractivity contribution in [2.24, 2.45) is 0 Å². The van der Waals surface area contributed by atoms with Crippen LogP contribution in [0.3, 0.4) is 0 Å². The van der Waals surface area contributed by atoms with Gasteiger partial charge in [-0.05, 0) is 40.2 Å². The predicted molar refractivity (Wildman–Crippen MR) is 87.0 cm³/mol. The number of amides is 1. The monoisotopic (exact) mass is 343 g/mol. The highest BCUT2D eigenvalue weighted by atomic mass is 79.9. The second-order valence-corrected chi connectivity index (χ2v) is 5.22. The molecule has 0 saturated carbocycles. The van der Waals surface area contributed by atoms with Crippen LogP contribution in [-0.2, 0) is 4.79 Å². The van der Waals surface area contributed by atoms with E-state index >= 15 is 0 Å². The van der Waals surface area contributed by atoms with Crippen molar-refractivity contribution in [1.29, 1.82) is 5.26 Å². The Morgan fingerprint density at radius 1 is 1.10 bits per heavy atom. The SMILES string of the molecule is N#Cc1ccccc1NC(=O)CCNc1ccccc1Br. The van der Waals surface area contributed by atoms with E-state index < -0.39 is 0 Å². The second-order valence-electron chi connectivity index (χ2n) is 4.36. The number of benzene rings is 2. The van der Waals surface area contributed by atoms with Gasteiger partial charge < -0.3 is 10.6 Å². The molecule has 0 fully saturated rings. The summed E-state index contributed by atoms with van der Waals surface area (Å²) in [6.45, 7) is 0.517. The van der Waals surface area contributed by atoms with E-state index in [1.165, 1.54) is 0 Å². The minimum absolute atomic E-state index is 0.128. The molecule has 106 valence electrons. The molecule has 0 atom stereocenters. The molecule has 21 heavy (non-hydrogen) atoms. The van der Waals surface area contributed by atoms with Crippen LogP contribution in [0.4, 0.5) is 11.4 Å². The molecule has 2 aromatic rings. The van der Waals surface area contributed by atoms with Crippen LogP contribution >= 0.6 is 15.9 Å². The number of carbonyl (C=O) groups excluding carboxylic acids is 1. The van der Waals surface area contributed by atoms with Gasteiger partial charge in [-0.3, -0.25) is 4.79 Å². The van der Waals surface area contributed by atoms with Crippen molar-refractivity contribution in [3.8, 4) is 6.07 Å². The van der Waals surface area contributed by atoms with Crippen LogP contribution in [0.15, 0.2) is 53.0 Å². The summed E-state index contributed by atoms with van der Waals surface area (Å²) in [5.74, 6) is -0.128. The molecule has 5 heteroatoms. The smallest absolute Gasteiger partial charge is 0.226 e. The van der Waals surface area contributed by atoms with E-state index in [9.17, 15) is 4.79 Å². The Morgan fingerprint density at radius 2 is 1.76 bits per heavy atom. The molecule has 4 nitrogen and oxygen atoms in total. The summed E-state index contributed by atoms with van der Waals surface area (Å²) in [4.78, 5) is 11.9. The largest absolute Gasteiger partial charge is 0.384 e. The van der Waals surface area contributed by atoms with Gasteiger partial charge in [0, 0.05) is 23.1 Å². The van der Waals surface area contributed by atoms with Crippen molar-refractivity contribution in [3.05, 3.63) is 58.6 Å². The lowest BCUT2D eigenvalue weighted by atomic mass is 10.2. The summed E-state index contributed by atoms with van der Waals surface area (Å²) >= 11 is 3.44. The van der Waals surface area contributed by atoms with Crippen LogP contribution in [0, 0.1) is 11.3 Å². The van der Waals surface area contributed by atoms with E-state index in [-0.39, 0.29) is 5.91 Å². The lowest BCUT2D eigenvalue weighted by molar-refractivity contribution is -0.115. The first-order valence-electron chi connectivity index (χ1n) is 6.48. The third kappa shape index (κ3) is 4.33. The van der Waals surface area contributed by atoms with Crippen molar-refractivity contribution in [2.75, 3.05) is 17.2 Å². The van der Waals surface area contributed by atoms with Crippen LogP contribution in [-0.4, -0.2) is 12.5 Å². The normalized spacial score (nSPS) is 9.71. The van der Waals surface area contributed by atoms with Gasteiger partial charge in [0.15, 0.2) is 0 Å². The Kier molecular flexibility index (Phi) is 5.35. The summed E-state index contributed by atoms with van der Waals surface area (Å²) in [6.07, 6.45) is 0.321. The molecule has 2 N–H and O–H groups in total. The first-order chi connectivity index (χ1) is 10.2. The fourth-order valence-electron chi connectivity index (χ4n) is 1.82. The van der Waals surface area contributed by atoms with Gasteiger partial charge in [0.25, 0.3) is 0 Å². The molecule has 0 saturated heterocycles. The molecule has 2 rings (SSSR count). The summed E-state index contributed by atoms with van der Waals surface area (Å²) in [5.41, 5.74) is 1.96. The zero-order valence-electron chi connectivity index (χ0n) is 11.3. The number of anilines is 2. The van der Waals surface area contributed by atoms with E-state index in [1.807, 2.05) is 24.3 Å². The molecule has 0 radical (unpaired) electrons. The molecule has 0 heterocycles. The molecule has 0 aromatic heterocycles. The van der Waals surface area contributed by atoms with Crippen LogP contribution in [0.5, 0.6) is 0 Å². The van der Waals surface area contributed by atoms with Gasteiger partial charge in [0.2, 0.25) is 5.91 Å². The van der Waals surface area contributed by atoms with E-state index in [2.05, 4.69) is 32.6 Å². The van der Waals surface area contributed by atoms with Gasteiger partial charge in [-0.15, -0.1) is 0 Å². The van der Waals surface area contributed by atoms with E-state index in [0.29, 0.717) is 24.2 Å². The van der Waals surface area contributed by atoms with Crippen LogP contribution in [0.2, 0.25) is 0 Å². The van der Waals surface area contributed by atoms with Crippen molar-refractivity contribution in [1.82, 2.24) is 0 Å². The Bertz CT molecular complexity index is 679. The molecule has 2 aromatic carbocycles. The maximum Gasteiger partial charge on any atom is 0.226 e. The van der Waals surface area contributed by atoms with Crippen LogP contribution < -0.4 is 10.6 Å². The molecule has 0 bridgehead atoms. The van der Waals surface area contributed by atoms with Gasteiger partial charge in [-0.2, -0.15) is 5.26 Å². The van der Waals surface area contributed by atoms with Crippen molar-refractivity contribution in [2.45, 2.75) is 6.42 Å². The molecular formula is C16H14BrN3O. The summed E-state index contributed by atoms with van der Waals surface area (Å²) in [7, 11) is 0. The average molecular weight is 344 g/mol. The average Bonchev–Trinajstić information content (AvgIpc) is 2.50. The Labute approximate surface area is 131 Å². The maximum atomic E-state index is 11.9. The van der Waals surface area contributed by atoms with E-state index in [0.717, 1.165) is 10.2 Å². The number of hydrogen-bond acceptors (Lipinski definition) is 3. The van der Waals surface area contributed by atoms with Gasteiger partial charge >= 0.3 is 0 Å². The molecular weight excluding hydrogens is 330 g/mol. The quantitative estimate of drug-likeness (QED) is 0.868. The second kappa shape index (κ2) is 7.46. The lowest BCUT2D eigenvalue weighted by Crippen LogP contribution is -2.17. The van der Waals surface area contributed by atoms with Gasteiger partial charge in [0.05, 0.1) is 11.3 Å². The topological polar surface area (TPSA) is 64.9 Å². The Hall–Kier alpha value is -2.32. The van der Waals surface area contributed by atoms with Crippen molar-refractivity contribution >= 4 is 33.2 Å². The fourth-order valence-corrected chi connectivity index (χ4v) is 2.24. The zero-order chi connectivity index (χ0) is 15.1. The number of nitrogens with one attached hydrogen (secondary N) is 2. The summed E-state index contributed by atoms with van der Waals surface area (Å²) < 4.78 is 0.959. The number of hydrogen-bond donors (Lipinski definition) is 2. The number of rotatable bonds is 5. The molecule has 0 aliphatic carbocycles. The van der Waals surface area contributed by atoms with Crippen LogP contribution in [0.1, 0.15) is 12.0 Å². The third-order valence-electron chi connectivity index (χ3n) is 2.86. The fraction of sp³-hybridized carbons (Fsp3) is 0.125. The van der Waals surface area contributed by atoms with Gasteiger partial charge in [0.1, 0.15) is 6.07 Å². The highest BCUT2D eigenvalue weighted by Crippen LogP contribution is 2.21. The summed E-state index contributed by atoms with van der Waals surface area (Å²) in [5, 5.41) is 14.9. The minimum atomic E-state index is -0.128. The lowest BCUT2D eigenvalue weighted by Gasteiger charge is -2.09. The zero-order valence-corrected chi connectivity index (χ0v) is 12.9. The Morgan fingerprint density at radius 3 is 2.48 bits per heavy atom. The molecule has 0 unspecified atom stereocenters. The molecule has 0 aliphatic heterocycles. The highest BCUT2D eigenvalue weighted by Gasteiger charge is 2.06. The summed E-state index contributed by atoms with van der Waals surface area (Å²) in [6, 6.07) is 16.7. The van der Waals surface area contributed by atoms with Gasteiger partial charge in [-0.25, -0.2) is 0 Å². The first kappa shape index (κ1) is 15.1. The number of halogens is 1. The third-order valence-corrected chi connectivity index (χ3v) is 3.55. The van der Waals surface area contributed by atoms with E-state index in [1.54, 1.807) is 24.3 Å². The Balaban J connectivity index is 1.86. The molecule has 0 aliphatic rings. The standard InChI is InChI=1S/C16H14BrN3O/c17-13-6-2-4-8-15(13)19-10-9-16(21)20-14-7-3-1-5-12(14)11-18/h1-8,19H,9-10H2,(H,20,21). The van der Waals surface area contributed by atoms with Crippen molar-refractivity contribution in [3.63, 3.8) is 0 Å². The number of para-hydroxylation sites is 2. The molecule has 0 spiro atoms. The minimum Gasteiger partial charge on any atom is -0.384 e. The number of nitrogens with zero attached hydrogens (tertiary/aromatic N) is 1. The number of nitriles is 1. The number of carbonyl (C=O) groups is 1. The maximum absolute atomic E-state index is 11.9. The van der Waals surface area contributed by atoms with E-state index in [4.69, 9.17) is 5.26 Å². The first-order valence-corrected chi connectivity index (χ1v) is 7.27. The van der Waals surface area contributed by atoms with Gasteiger partial charge in [-0.1, -0.05) is 24.3 Å². The van der Waals surface area contributed by atoms with Crippen molar-refractivity contribution < 1.29 is 4.79 Å². The van der Waals surface area contributed by atoms with Crippen LogP contribution in [0.25, 0.3) is 0 Å². The predicted octanol–water partition coefficient (Wildman–Crippen LogP) is 3.76. The highest BCUT2D eigenvalue weighted by molar-refractivity contribution is 9.10. The molecule has 1 amide bonds.